The Kier molecular flexibility index (Phi) is 3.80. The number of ketones is 1. The summed E-state index contributed by atoms with van der Waals surface area (Å²) >= 11 is 0. The first-order valence-corrected chi connectivity index (χ1v) is 5.85. The van der Waals surface area contributed by atoms with Crippen molar-refractivity contribution in [1.82, 2.24) is 4.98 Å². The summed E-state index contributed by atoms with van der Waals surface area (Å²) in [5.74, 6) is 0.743. The number of benzene rings is 1. The number of carbonyl (C=O) groups is 1. The molecule has 2 aromatic rings. The van der Waals surface area contributed by atoms with Crippen molar-refractivity contribution >= 4 is 5.78 Å². The molecule has 4 heteroatoms. The second-order valence-electron chi connectivity index (χ2n) is 4.09. The van der Waals surface area contributed by atoms with Crippen molar-refractivity contribution in [2.24, 2.45) is 0 Å². The molecule has 1 heterocycles. The maximum atomic E-state index is 12.5. The van der Waals surface area contributed by atoms with Crippen molar-refractivity contribution in [3.8, 4) is 11.5 Å². The molecular weight excluding hydrogens is 242 g/mol. The number of hydrogen-bond donors (Lipinski definition) is 0. The van der Waals surface area contributed by atoms with Crippen molar-refractivity contribution in [2.75, 3.05) is 14.2 Å². The molecule has 0 saturated carbocycles. The smallest absolute Gasteiger partial charge is 0.218 e. The molecular formula is C15H15NO3. The van der Waals surface area contributed by atoms with Crippen LogP contribution in [0, 0.1) is 6.92 Å². The summed E-state index contributed by atoms with van der Waals surface area (Å²) in [6.07, 6.45) is 1.66. The van der Waals surface area contributed by atoms with Crippen LogP contribution < -0.4 is 9.47 Å². The largest absolute Gasteiger partial charge is 0.496 e. The highest BCUT2D eigenvalue weighted by molar-refractivity contribution is 6.11. The van der Waals surface area contributed by atoms with Gasteiger partial charge in [-0.1, -0.05) is 12.1 Å². The van der Waals surface area contributed by atoms with Crippen LogP contribution in [-0.2, 0) is 0 Å². The number of methoxy groups -OCH3 is 2. The Labute approximate surface area is 112 Å². The van der Waals surface area contributed by atoms with Crippen LogP contribution in [0.1, 0.15) is 21.6 Å². The summed E-state index contributed by atoms with van der Waals surface area (Å²) in [7, 11) is 3.04. The molecule has 19 heavy (non-hydrogen) atoms. The van der Waals surface area contributed by atoms with E-state index in [4.69, 9.17) is 9.47 Å². The lowest BCUT2D eigenvalue weighted by molar-refractivity contribution is 0.102. The average molecular weight is 257 g/mol. The lowest BCUT2D eigenvalue weighted by Gasteiger charge is -2.11. The van der Waals surface area contributed by atoms with Gasteiger partial charge in [0.05, 0.1) is 14.2 Å². The fourth-order valence-corrected chi connectivity index (χ4v) is 1.81. The number of hydrogen-bond acceptors (Lipinski definition) is 4. The third-order valence-electron chi connectivity index (χ3n) is 2.80. The van der Waals surface area contributed by atoms with Gasteiger partial charge in [-0.25, -0.2) is 0 Å². The second kappa shape index (κ2) is 5.52. The zero-order valence-electron chi connectivity index (χ0n) is 11.1. The Hall–Kier alpha value is -2.36. The Morgan fingerprint density at radius 3 is 2.16 bits per heavy atom. The maximum absolute atomic E-state index is 12.5. The predicted molar refractivity (Wildman–Crippen MR) is 72.0 cm³/mol. The Morgan fingerprint density at radius 1 is 1.05 bits per heavy atom. The molecule has 0 fully saturated rings. The highest BCUT2D eigenvalue weighted by atomic mass is 16.5. The monoisotopic (exact) mass is 257 g/mol. The molecule has 0 bridgehead atoms. The van der Waals surface area contributed by atoms with E-state index in [-0.39, 0.29) is 5.78 Å². The van der Waals surface area contributed by atoms with E-state index in [9.17, 15) is 4.79 Å². The number of aryl methyl sites for hydroxylation is 1. The van der Waals surface area contributed by atoms with Gasteiger partial charge in [0, 0.05) is 6.20 Å². The third kappa shape index (κ3) is 2.57. The van der Waals surface area contributed by atoms with Gasteiger partial charge in [0.2, 0.25) is 5.78 Å². The minimum atomic E-state index is -0.214. The van der Waals surface area contributed by atoms with Crippen molar-refractivity contribution in [2.45, 2.75) is 6.92 Å². The van der Waals surface area contributed by atoms with Gasteiger partial charge < -0.3 is 9.47 Å². The standard InChI is InChI=1S/C15H15NO3/c1-10-7-8-11(16-9-10)15(17)14-12(18-2)5-4-6-13(14)19-3/h4-9H,1-3H3. The lowest BCUT2D eigenvalue weighted by Crippen LogP contribution is -2.08. The van der Waals surface area contributed by atoms with Gasteiger partial charge in [0.1, 0.15) is 22.8 Å². The van der Waals surface area contributed by atoms with Crippen LogP contribution >= 0.6 is 0 Å². The zero-order chi connectivity index (χ0) is 13.8. The molecule has 0 amide bonds. The molecule has 98 valence electrons. The summed E-state index contributed by atoms with van der Waals surface area (Å²) in [5.41, 5.74) is 1.76. The van der Waals surface area contributed by atoms with Crippen LogP contribution in [0.4, 0.5) is 0 Å². The summed E-state index contributed by atoms with van der Waals surface area (Å²) in [4.78, 5) is 16.6. The second-order valence-corrected chi connectivity index (χ2v) is 4.09. The first-order valence-electron chi connectivity index (χ1n) is 5.85. The van der Waals surface area contributed by atoms with E-state index >= 15 is 0 Å². The molecule has 0 aliphatic carbocycles. The highest BCUT2D eigenvalue weighted by Gasteiger charge is 2.20. The van der Waals surface area contributed by atoms with E-state index in [0.717, 1.165) is 5.56 Å². The number of nitrogens with zero attached hydrogens (tertiary/aromatic N) is 1. The number of aromatic nitrogens is 1. The van der Waals surface area contributed by atoms with Crippen LogP contribution in [0.3, 0.4) is 0 Å². The van der Waals surface area contributed by atoms with Gasteiger partial charge in [-0.3, -0.25) is 9.78 Å². The molecule has 0 spiro atoms. The molecule has 0 atom stereocenters. The fraction of sp³-hybridized carbons (Fsp3) is 0.200. The highest BCUT2D eigenvalue weighted by Crippen LogP contribution is 2.30. The summed E-state index contributed by atoms with van der Waals surface area (Å²) in [5, 5.41) is 0. The van der Waals surface area contributed by atoms with Gasteiger partial charge in [-0.15, -0.1) is 0 Å². The van der Waals surface area contributed by atoms with Gasteiger partial charge in [0.25, 0.3) is 0 Å². The average Bonchev–Trinajstić information content (AvgIpc) is 2.46. The molecule has 0 aliphatic heterocycles. The molecule has 0 saturated heterocycles. The topological polar surface area (TPSA) is 48.4 Å². The number of pyridine rings is 1. The summed E-state index contributed by atoms with van der Waals surface area (Å²) in [6.45, 7) is 1.92. The van der Waals surface area contributed by atoms with Gasteiger partial charge in [0.15, 0.2) is 0 Å². The maximum Gasteiger partial charge on any atom is 0.218 e. The van der Waals surface area contributed by atoms with E-state index in [2.05, 4.69) is 4.98 Å². The van der Waals surface area contributed by atoms with E-state index in [1.54, 1.807) is 30.5 Å². The van der Waals surface area contributed by atoms with Crippen LogP contribution in [0.25, 0.3) is 0 Å². The first kappa shape index (κ1) is 13.1. The summed E-state index contributed by atoms with van der Waals surface area (Å²) < 4.78 is 10.5. The van der Waals surface area contributed by atoms with Crippen LogP contribution in [0.15, 0.2) is 36.5 Å². The van der Waals surface area contributed by atoms with Gasteiger partial charge >= 0.3 is 0 Å². The number of ether oxygens (including phenoxy) is 2. The SMILES string of the molecule is COc1cccc(OC)c1C(=O)c1ccc(C)cn1. The van der Waals surface area contributed by atoms with E-state index < -0.39 is 0 Å². The predicted octanol–water partition coefficient (Wildman–Crippen LogP) is 2.64. The summed E-state index contributed by atoms with van der Waals surface area (Å²) in [6, 6.07) is 8.77. The molecule has 4 nitrogen and oxygen atoms in total. The number of rotatable bonds is 4. The van der Waals surface area contributed by atoms with Crippen LogP contribution in [0.2, 0.25) is 0 Å². The Balaban J connectivity index is 2.51. The first-order chi connectivity index (χ1) is 9.17. The molecule has 0 radical (unpaired) electrons. The van der Waals surface area contributed by atoms with E-state index in [0.29, 0.717) is 22.8 Å². The Morgan fingerprint density at radius 2 is 1.68 bits per heavy atom. The molecule has 1 aromatic carbocycles. The van der Waals surface area contributed by atoms with Gasteiger partial charge in [-0.05, 0) is 30.7 Å². The normalized spacial score (nSPS) is 10.1. The minimum absolute atomic E-state index is 0.214. The van der Waals surface area contributed by atoms with E-state index in [1.165, 1.54) is 14.2 Å². The quantitative estimate of drug-likeness (QED) is 0.790. The number of carbonyl (C=O) groups excluding carboxylic acids is 1. The molecule has 0 aliphatic rings. The molecule has 1 aromatic heterocycles. The van der Waals surface area contributed by atoms with Crippen LogP contribution in [-0.4, -0.2) is 25.0 Å². The molecule has 0 N–H and O–H groups in total. The minimum Gasteiger partial charge on any atom is -0.496 e. The zero-order valence-corrected chi connectivity index (χ0v) is 11.1. The van der Waals surface area contributed by atoms with E-state index in [1.807, 2.05) is 13.0 Å². The lowest BCUT2D eigenvalue weighted by atomic mass is 10.0. The van der Waals surface area contributed by atoms with Crippen molar-refractivity contribution in [3.05, 3.63) is 53.3 Å². The Bertz CT molecular complexity index is 569. The van der Waals surface area contributed by atoms with Crippen molar-refractivity contribution in [3.63, 3.8) is 0 Å². The third-order valence-corrected chi connectivity index (χ3v) is 2.80. The fourth-order valence-electron chi connectivity index (χ4n) is 1.81. The van der Waals surface area contributed by atoms with Crippen LogP contribution in [0.5, 0.6) is 11.5 Å². The molecule has 0 unspecified atom stereocenters. The van der Waals surface area contributed by atoms with Gasteiger partial charge in [-0.2, -0.15) is 0 Å². The van der Waals surface area contributed by atoms with Crippen molar-refractivity contribution in [1.29, 1.82) is 0 Å². The van der Waals surface area contributed by atoms with Crippen molar-refractivity contribution < 1.29 is 14.3 Å². The molecule has 2 rings (SSSR count).